The van der Waals surface area contributed by atoms with Crippen LogP contribution in [0, 0.1) is 5.92 Å². The zero-order valence-electron chi connectivity index (χ0n) is 15.9. The van der Waals surface area contributed by atoms with Gasteiger partial charge in [-0.05, 0) is 69.2 Å². The second-order valence-electron chi connectivity index (χ2n) is 7.85. The van der Waals surface area contributed by atoms with Gasteiger partial charge in [-0.15, -0.1) is 0 Å². The Bertz CT molecular complexity index is 925. The Morgan fingerprint density at radius 1 is 1.15 bits per heavy atom. The molecule has 2 aliphatic rings. The summed E-state index contributed by atoms with van der Waals surface area (Å²) < 4.78 is 3.07. The van der Waals surface area contributed by atoms with Gasteiger partial charge in [0.2, 0.25) is 0 Å². The van der Waals surface area contributed by atoms with Crippen molar-refractivity contribution in [3.63, 3.8) is 0 Å². The third-order valence-electron chi connectivity index (χ3n) is 5.89. The molecule has 0 amide bonds. The van der Waals surface area contributed by atoms with E-state index in [0.29, 0.717) is 19.0 Å². The Hall–Kier alpha value is -2.28. The monoisotopic (exact) mass is 369 g/mol. The van der Waals surface area contributed by atoms with E-state index in [1.54, 1.807) is 24.0 Å². The molecule has 0 aromatic carbocycles. The maximum absolute atomic E-state index is 12.4. The molecule has 2 aromatic heterocycles. The van der Waals surface area contributed by atoms with Gasteiger partial charge < -0.3 is 0 Å². The minimum atomic E-state index is -0.0237. The second kappa shape index (κ2) is 7.76. The molecule has 1 aliphatic heterocycles. The SMILES string of the molecule is Cn1nccc(CN2CCC(Cn3nc4c(cc3=O)CCCC4)CC2)c1=O. The van der Waals surface area contributed by atoms with Crippen LogP contribution >= 0.6 is 0 Å². The van der Waals surface area contributed by atoms with Gasteiger partial charge in [-0.1, -0.05) is 0 Å². The quantitative estimate of drug-likeness (QED) is 0.808. The summed E-state index contributed by atoms with van der Waals surface area (Å²) in [4.78, 5) is 26.8. The molecule has 0 atom stereocenters. The van der Waals surface area contributed by atoms with Crippen molar-refractivity contribution in [1.82, 2.24) is 24.5 Å². The summed E-state index contributed by atoms with van der Waals surface area (Å²) in [5.74, 6) is 0.466. The Balaban J connectivity index is 1.36. The molecule has 144 valence electrons. The fourth-order valence-electron chi connectivity index (χ4n) is 4.22. The van der Waals surface area contributed by atoms with E-state index in [1.165, 1.54) is 11.1 Å². The van der Waals surface area contributed by atoms with Gasteiger partial charge in [0.05, 0.1) is 5.69 Å². The molecule has 2 aromatic rings. The molecule has 0 N–H and O–H groups in total. The number of fused-ring (bicyclic) bond motifs is 1. The lowest BCUT2D eigenvalue weighted by molar-refractivity contribution is 0.162. The molecule has 1 saturated heterocycles. The highest BCUT2D eigenvalue weighted by Gasteiger charge is 2.22. The summed E-state index contributed by atoms with van der Waals surface area (Å²) in [5, 5.41) is 8.63. The van der Waals surface area contributed by atoms with Crippen LogP contribution in [0.4, 0.5) is 0 Å². The van der Waals surface area contributed by atoms with Gasteiger partial charge in [0.1, 0.15) is 0 Å². The Morgan fingerprint density at radius 3 is 2.74 bits per heavy atom. The van der Waals surface area contributed by atoms with Gasteiger partial charge in [0, 0.05) is 38.0 Å². The molecule has 0 saturated carbocycles. The predicted molar refractivity (Wildman–Crippen MR) is 103 cm³/mol. The first-order chi connectivity index (χ1) is 13.1. The maximum atomic E-state index is 12.4. The summed E-state index contributed by atoms with van der Waals surface area (Å²) in [6, 6.07) is 3.61. The fraction of sp³-hybridized carbons (Fsp3) is 0.600. The van der Waals surface area contributed by atoms with Gasteiger partial charge >= 0.3 is 0 Å². The number of piperidine rings is 1. The van der Waals surface area contributed by atoms with Crippen molar-refractivity contribution in [1.29, 1.82) is 0 Å². The highest BCUT2D eigenvalue weighted by atomic mass is 16.1. The van der Waals surface area contributed by atoms with Gasteiger partial charge in [-0.3, -0.25) is 14.5 Å². The van der Waals surface area contributed by atoms with Crippen molar-refractivity contribution in [2.24, 2.45) is 13.0 Å². The number of hydrogen-bond donors (Lipinski definition) is 0. The molecular weight excluding hydrogens is 342 g/mol. The number of rotatable bonds is 4. The highest BCUT2D eigenvalue weighted by Crippen LogP contribution is 2.21. The molecular formula is C20H27N5O2. The van der Waals surface area contributed by atoms with E-state index in [4.69, 9.17) is 0 Å². The molecule has 7 nitrogen and oxygen atoms in total. The fourth-order valence-corrected chi connectivity index (χ4v) is 4.22. The molecule has 3 heterocycles. The number of likely N-dealkylation sites (tertiary alicyclic amines) is 1. The zero-order chi connectivity index (χ0) is 18.8. The lowest BCUT2D eigenvalue weighted by Gasteiger charge is -2.32. The van der Waals surface area contributed by atoms with E-state index in [1.807, 2.05) is 6.07 Å². The first-order valence-electron chi connectivity index (χ1n) is 9.93. The van der Waals surface area contributed by atoms with Crippen LogP contribution in [0.1, 0.15) is 42.5 Å². The minimum absolute atomic E-state index is 0.0237. The van der Waals surface area contributed by atoms with Crippen LogP contribution in [0.15, 0.2) is 27.9 Å². The molecule has 0 bridgehead atoms. The average Bonchev–Trinajstić information content (AvgIpc) is 2.67. The largest absolute Gasteiger partial charge is 0.299 e. The number of nitrogens with zero attached hydrogens (tertiary/aromatic N) is 5. The molecule has 1 aliphatic carbocycles. The molecule has 0 spiro atoms. The van der Waals surface area contributed by atoms with Gasteiger partial charge in [0.15, 0.2) is 0 Å². The van der Waals surface area contributed by atoms with E-state index >= 15 is 0 Å². The van der Waals surface area contributed by atoms with Crippen LogP contribution in [-0.4, -0.2) is 37.6 Å². The smallest absolute Gasteiger partial charge is 0.270 e. The number of aryl methyl sites for hydroxylation is 3. The van der Waals surface area contributed by atoms with Crippen LogP contribution in [0.25, 0.3) is 0 Å². The molecule has 27 heavy (non-hydrogen) atoms. The Kier molecular flexibility index (Phi) is 5.20. The maximum Gasteiger partial charge on any atom is 0.270 e. The summed E-state index contributed by atoms with van der Waals surface area (Å²) in [6.45, 7) is 3.25. The van der Waals surface area contributed by atoms with E-state index in [-0.39, 0.29) is 11.1 Å². The van der Waals surface area contributed by atoms with Gasteiger partial charge in [0.25, 0.3) is 11.1 Å². The van der Waals surface area contributed by atoms with Crippen molar-refractivity contribution in [2.75, 3.05) is 13.1 Å². The number of hydrogen-bond acceptors (Lipinski definition) is 5. The van der Waals surface area contributed by atoms with Crippen LogP contribution in [0.3, 0.4) is 0 Å². The van der Waals surface area contributed by atoms with Crippen molar-refractivity contribution >= 4 is 0 Å². The van der Waals surface area contributed by atoms with Crippen molar-refractivity contribution in [3.05, 3.63) is 55.9 Å². The third kappa shape index (κ3) is 4.03. The van der Waals surface area contributed by atoms with Crippen LogP contribution < -0.4 is 11.1 Å². The summed E-state index contributed by atoms with van der Waals surface area (Å²) in [6.07, 6.45) is 8.05. The predicted octanol–water partition coefficient (Wildman–Crippen LogP) is 1.13. The number of aromatic nitrogens is 4. The van der Waals surface area contributed by atoms with E-state index < -0.39 is 0 Å². The molecule has 7 heteroatoms. The first kappa shape index (κ1) is 18.1. The van der Waals surface area contributed by atoms with E-state index in [9.17, 15) is 9.59 Å². The highest BCUT2D eigenvalue weighted by molar-refractivity contribution is 5.20. The lowest BCUT2D eigenvalue weighted by atomic mass is 9.95. The van der Waals surface area contributed by atoms with E-state index in [2.05, 4.69) is 15.1 Å². The summed E-state index contributed by atoms with van der Waals surface area (Å²) in [7, 11) is 1.68. The molecule has 0 radical (unpaired) electrons. The van der Waals surface area contributed by atoms with Gasteiger partial charge in [-0.2, -0.15) is 10.2 Å². The molecule has 4 rings (SSSR count). The van der Waals surface area contributed by atoms with Crippen molar-refractivity contribution < 1.29 is 0 Å². The normalized spacial score (nSPS) is 18.4. The van der Waals surface area contributed by atoms with E-state index in [0.717, 1.165) is 62.0 Å². The van der Waals surface area contributed by atoms with Crippen LogP contribution in [0.5, 0.6) is 0 Å². The first-order valence-corrected chi connectivity index (χ1v) is 9.93. The van der Waals surface area contributed by atoms with Crippen LogP contribution in [-0.2, 0) is 33.0 Å². The third-order valence-corrected chi connectivity index (χ3v) is 5.89. The van der Waals surface area contributed by atoms with Gasteiger partial charge in [-0.25, -0.2) is 9.36 Å². The topological polar surface area (TPSA) is 73.0 Å². The zero-order valence-corrected chi connectivity index (χ0v) is 15.9. The average molecular weight is 369 g/mol. The van der Waals surface area contributed by atoms with Crippen LogP contribution in [0.2, 0.25) is 0 Å². The standard InChI is InChI=1S/C20H27N5O2/c1-23-20(27)17(6-9-21-23)14-24-10-7-15(8-11-24)13-25-19(26)12-16-4-2-3-5-18(16)22-25/h6,9,12,15H,2-5,7-8,10-11,13-14H2,1H3. The molecule has 1 fully saturated rings. The summed E-state index contributed by atoms with van der Waals surface area (Å²) in [5.41, 5.74) is 3.07. The minimum Gasteiger partial charge on any atom is -0.299 e. The second-order valence-corrected chi connectivity index (χ2v) is 7.85. The lowest BCUT2D eigenvalue weighted by Crippen LogP contribution is -2.38. The summed E-state index contributed by atoms with van der Waals surface area (Å²) >= 11 is 0. The van der Waals surface area contributed by atoms with Crippen molar-refractivity contribution in [2.45, 2.75) is 51.6 Å². The Morgan fingerprint density at radius 2 is 1.93 bits per heavy atom. The molecule has 0 unspecified atom stereocenters. The van der Waals surface area contributed by atoms with Crippen molar-refractivity contribution in [3.8, 4) is 0 Å². The Labute approximate surface area is 158 Å².